The van der Waals surface area contributed by atoms with Crippen molar-refractivity contribution in [1.29, 1.82) is 0 Å². The van der Waals surface area contributed by atoms with Gasteiger partial charge in [0.05, 0.1) is 34.4 Å². The molecule has 300 valence electrons. The van der Waals surface area contributed by atoms with E-state index in [-0.39, 0.29) is 25.8 Å². The van der Waals surface area contributed by atoms with Gasteiger partial charge in [0, 0.05) is 13.0 Å². The molecule has 0 aromatic heterocycles. The van der Waals surface area contributed by atoms with Crippen LogP contribution in [0.25, 0.3) is 0 Å². The lowest BCUT2D eigenvalue weighted by Crippen LogP contribution is -2.37. The predicted octanol–water partition coefficient (Wildman–Crippen LogP) is 11.2. The average molecular weight is 742 g/mol. The molecule has 0 fully saturated rings. The zero-order valence-electron chi connectivity index (χ0n) is 33.8. The molecule has 2 atom stereocenters. The van der Waals surface area contributed by atoms with E-state index in [0.29, 0.717) is 24.1 Å². The third-order valence-electron chi connectivity index (χ3n) is 8.69. The number of esters is 1. The molecule has 0 aliphatic carbocycles. The van der Waals surface area contributed by atoms with E-state index in [9.17, 15) is 14.3 Å². The second-order valence-corrected chi connectivity index (χ2v) is 16.4. The SMILES string of the molecule is CCCCCCC/C=C\C/C=C\C/C=C\CCCCCCCCCCC(=O)OC(COCCCCCCCC)COP(=O)([O-])OCC[N+](C)(C)C. The van der Waals surface area contributed by atoms with Crippen LogP contribution in [0.4, 0.5) is 0 Å². The molecule has 0 radical (unpaired) electrons. The van der Waals surface area contributed by atoms with Gasteiger partial charge < -0.3 is 27.9 Å². The standard InChI is InChI=1S/C42H80NO7P/c1-6-8-10-12-14-15-16-17-18-19-20-21-22-23-24-25-26-27-28-29-30-31-33-35-42(44)50-41(39-47-37-34-32-13-11-9-7-2)40-49-51(45,46)48-38-36-43(3,4)5/h16-17,19-20,22-23,41H,6-15,18,21,24-40H2,1-5H3/b17-16-,20-19-,23-22-. The van der Waals surface area contributed by atoms with Gasteiger partial charge in [-0.15, -0.1) is 0 Å². The van der Waals surface area contributed by atoms with Crippen LogP contribution in [0, 0.1) is 0 Å². The Bertz CT molecular complexity index is 915. The van der Waals surface area contributed by atoms with Crippen molar-refractivity contribution in [1.82, 2.24) is 0 Å². The number of allylic oxidation sites excluding steroid dienone is 6. The molecule has 0 aromatic carbocycles. The van der Waals surface area contributed by atoms with Gasteiger partial charge in [0.2, 0.25) is 0 Å². The smallest absolute Gasteiger partial charge is 0.306 e. The van der Waals surface area contributed by atoms with Crippen LogP contribution in [0.3, 0.4) is 0 Å². The van der Waals surface area contributed by atoms with E-state index in [4.69, 9.17) is 18.5 Å². The van der Waals surface area contributed by atoms with E-state index >= 15 is 0 Å². The molecule has 0 saturated heterocycles. The lowest BCUT2D eigenvalue weighted by molar-refractivity contribution is -0.870. The number of nitrogens with zero attached hydrogens (tertiary/aromatic N) is 1. The Labute approximate surface area is 315 Å². The van der Waals surface area contributed by atoms with Crippen LogP contribution in [0.2, 0.25) is 0 Å². The lowest BCUT2D eigenvalue weighted by Gasteiger charge is -2.28. The molecule has 0 N–H and O–H groups in total. The summed E-state index contributed by atoms with van der Waals surface area (Å²) in [4.78, 5) is 24.9. The molecule has 9 heteroatoms. The van der Waals surface area contributed by atoms with Crippen molar-refractivity contribution in [3.63, 3.8) is 0 Å². The molecule has 51 heavy (non-hydrogen) atoms. The van der Waals surface area contributed by atoms with Crippen LogP contribution in [-0.2, 0) is 27.9 Å². The molecule has 0 amide bonds. The van der Waals surface area contributed by atoms with Gasteiger partial charge in [0.1, 0.15) is 19.3 Å². The van der Waals surface area contributed by atoms with Crippen LogP contribution in [0.1, 0.15) is 168 Å². The fourth-order valence-corrected chi connectivity index (χ4v) is 6.16. The van der Waals surface area contributed by atoms with Crippen molar-refractivity contribution in [3.05, 3.63) is 36.5 Å². The van der Waals surface area contributed by atoms with Gasteiger partial charge in [-0.3, -0.25) is 9.36 Å². The Morgan fingerprint density at radius 1 is 0.608 bits per heavy atom. The van der Waals surface area contributed by atoms with Crippen molar-refractivity contribution in [2.45, 2.75) is 174 Å². The fourth-order valence-electron chi connectivity index (χ4n) is 5.43. The van der Waals surface area contributed by atoms with Crippen molar-refractivity contribution >= 4 is 13.8 Å². The summed E-state index contributed by atoms with van der Waals surface area (Å²) < 4.78 is 34.3. The molecule has 0 spiro atoms. The maximum absolute atomic E-state index is 12.6. The summed E-state index contributed by atoms with van der Waals surface area (Å²) in [6.07, 6.45) is 40.3. The highest BCUT2D eigenvalue weighted by Gasteiger charge is 2.20. The number of phosphoric acid groups is 1. The lowest BCUT2D eigenvalue weighted by atomic mass is 10.1. The Morgan fingerprint density at radius 3 is 1.61 bits per heavy atom. The van der Waals surface area contributed by atoms with E-state index in [0.717, 1.165) is 51.4 Å². The summed E-state index contributed by atoms with van der Waals surface area (Å²) in [5, 5.41) is 0. The first kappa shape index (κ1) is 49.7. The molecule has 0 bridgehead atoms. The third kappa shape index (κ3) is 39.8. The van der Waals surface area contributed by atoms with Crippen LogP contribution in [0.15, 0.2) is 36.5 Å². The number of quaternary nitrogens is 1. The Balaban J connectivity index is 4.07. The highest BCUT2D eigenvalue weighted by Crippen LogP contribution is 2.38. The summed E-state index contributed by atoms with van der Waals surface area (Å²) in [5.74, 6) is -0.345. The number of phosphoric ester groups is 1. The second kappa shape index (κ2) is 35.7. The number of ether oxygens (including phenoxy) is 2. The minimum absolute atomic E-state index is 0.0244. The van der Waals surface area contributed by atoms with Gasteiger partial charge in [-0.1, -0.05) is 147 Å². The molecular weight excluding hydrogens is 661 g/mol. The Hall–Kier alpha value is -1.28. The number of likely N-dealkylation sites (N-methyl/N-ethyl adjacent to an activating group) is 1. The number of carbonyl (C=O) groups excluding carboxylic acids is 1. The first-order valence-corrected chi connectivity index (χ1v) is 22.2. The molecule has 2 unspecified atom stereocenters. The summed E-state index contributed by atoms with van der Waals surface area (Å²) in [7, 11) is 1.35. The van der Waals surface area contributed by atoms with Gasteiger partial charge in [0.15, 0.2) is 0 Å². The van der Waals surface area contributed by atoms with Crippen LogP contribution >= 0.6 is 7.82 Å². The van der Waals surface area contributed by atoms with Gasteiger partial charge in [-0.05, 0) is 51.4 Å². The van der Waals surface area contributed by atoms with Crippen LogP contribution in [0.5, 0.6) is 0 Å². The predicted molar refractivity (Wildman–Crippen MR) is 213 cm³/mol. The zero-order chi connectivity index (χ0) is 37.7. The molecule has 0 aliphatic rings. The number of rotatable bonds is 38. The normalized spacial score (nSPS) is 14.2. The topological polar surface area (TPSA) is 94.1 Å². The first-order chi connectivity index (χ1) is 24.6. The van der Waals surface area contributed by atoms with E-state index in [2.05, 4.69) is 50.3 Å². The van der Waals surface area contributed by atoms with Crippen molar-refractivity contribution in [2.75, 3.05) is 54.1 Å². The summed E-state index contributed by atoms with van der Waals surface area (Å²) in [6.45, 7) is 5.33. The highest BCUT2D eigenvalue weighted by atomic mass is 31.2. The molecule has 0 aliphatic heterocycles. The average Bonchev–Trinajstić information content (AvgIpc) is 3.08. The summed E-state index contributed by atoms with van der Waals surface area (Å²) >= 11 is 0. The van der Waals surface area contributed by atoms with Crippen LogP contribution < -0.4 is 4.89 Å². The van der Waals surface area contributed by atoms with E-state index in [1.54, 1.807) is 0 Å². The quantitative estimate of drug-likeness (QED) is 0.0204. The van der Waals surface area contributed by atoms with Crippen molar-refractivity contribution in [2.24, 2.45) is 0 Å². The maximum atomic E-state index is 12.6. The zero-order valence-corrected chi connectivity index (χ0v) is 34.7. The van der Waals surface area contributed by atoms with Crippen molar-refractivity contribution in [3.8, 4) is 0 Å². The highest BCUT2D eigenvalue weighted by molar-refractivity contribution is 7.45. The summed E-state index contributed by atoms with van der Waals surface area (Å²) in [6, 6.07) is 0. The third-order valence-corrected chi connectivity index (χ3v) is 9.66. The largest absolute Gasteiger partial charge is 0.756 e. The molecular formula is C42H80NO7P. The fraction of sp³-hybridized carbons (Fsp3) is 0.833. The number of hydrogen-bond donors (Lipinski definition) is 0. The molecule has 0 saturated carbocycles. The monoisotopic (exact) mass is 742 g/mol. The molecule has 0 heterocycles. The van der Waals surface area contributed by atoms with E-state index < -0.39 is 13.9 Å². The molecule has 0 rings (SSSR count). The number of unbranched alkanes of at least 4 members (excludes halogenated alkanes) is 18. The van der Waals surface area contributed by atoms with E-state index in [1.807, 2.05) is 21.1 Å². The minimum atomic E-state index is -4.51. The second-order valence-electron chi connectivity index (χ2n) is 15.0. The molecule has 8 nitrogen and oxygen atoms in total. The first-order valence-electron chi connectivity index (χ1n) is 20.7. The van der Waals surface area contributed by atoms with Gasteiger partial charge in [-0.25, -0.2) is 0 Å². The van der Waals surface area contributed by atoms with Crippen LogP contribution in [-0.4, -0.2) is 70.7 Å². The minimum Gasteiger partial charge on any atom is -0.756 e. The maximum Gasteiger partial charge on any atom is 0.306 e. The Morgan fingerprint density at radius 2 is 1.08 bits per heavy atom. The van der Waals surface area contributed by atoms with Crippen molar-refractivity contribution < 1.29 is 37.3 Å². The Kier molecular flexibility index (Phi) is 34.8. The van der Waals surface area contributed by atoms with Gasteiger partial charge in [-0.2, -0.15) is 0 Å². The van der Waals surface area contributed by atoms with E-state index in [1.165, 1.54) is 96.3 Å². The van der Waals surface area contributed by atoms with Gasteiger partial charge >= 0.3 is 5.97 Å². The molecule has 0 aromatic rings. The van der Waals surface area contributed by atoms with Gasteiger partial charge in [0.25, 0.3) is 7.82 Å². The summed E-state index contributed by atoms with van der Waals surface area (Å²) in [5.41, 5.74) is 0. The number of hydrogen-bond acceptors (Lipinski definition) is 7. The number of carbonyl (C=O) groups is 1.